The molecule has 106 valence electrons. The SMILES string of the molecule is CC(CCCO)NC(=O)NCCSc1ccccc1. The second-order valence-corrected chi connectivity index (χ2v) is 5.50. The number of hydrogen-bond donors (Lipinski definition) is 3. The molecule has 2 amide bonds. The highest BCUT2D eigenvalue weighted by Gasteiger charge is 2.05. The fourth-order valence-electron chi connectivity index (χ4n) is 1.59. The van der Waals surface area contributed by atoms with Crippen molar-refractivity contribution in [3.8, 4) is 0 Å². The van der Waals surface area contributed by atoms with Crippen LogP contribution in [-0.2, 0) is 0 Å². The smallest absolute Gasteiger partial charge is 0.315 e. The van der Waals surface area contributed by atoms with Gasteiger partial charge in [-0.3, -0.25) is 0 Å². The first-order chi connectivity index (χ1) is 9.22. The van der Waals surface area contributed by atoms with Crippen LogP contribution in [-0.4, -0.2) is 36.1 Å². The molecule has 0 aliphatic heterocycles. The van der Waals surface area contributed by atoms with Crippen molar-refractivity contribution in [3.05, 3.63) is 30.3 Å². The Bertz CT molecular complexity index is 360. The zero-order valence-corrected chi connectivity index (χ0v) is 12.1. The lowest BCUT2D eigenvalue weighted by molar-refractivity contribution is 0.235. The molecule has 0 fully saturated rings. The Morgan fingerprint density at radius 1 is 1.37 bits per heavy atom. The molecule has 19 heavy (non-hydrogen) atoms. The fourth-order valence-corrected chi connectivity index (χ4v) is 2.38. The quantitative estimate of drug-likeness (QED) is 0.506. The summed E-state index contributed by atoms with van der Waals surface area (Å²) in [6.07, 6.45) is 1.51. The highest BCUT2D eigenvalue weighted by Crippen LogP contribution is 2.15. The van der Waals surface area contributed by atoms with E-state index in [1.54, 1.807) is 11.8 Å². The Morgan fingerprint density at radius 2 is 2.11 bits per heavy atom. The number of urea groups is 1. The average Bonchev–Trinajstić information content (AvgIpc) is 2.42. The van der Waals surface area contributed by atoms with E-state index in [4.69, 9.17) is 5.11 Å². The predicted octanol–water partition coefficient (Wildman–Crippen LogP) is 2.24. The normalized spacial score (nSPS) is 11.9. The first-order valence-corrected chi connectivity index (χ1v) is 7.54. The number of aliphatic hydroxyl groups excluding tert-OH is 1. The van der Waals surface area contributed by atoms with Crippen molar-refractivity contribution < 1.29 is 9.90 Å². The summed E-state index contributed by atoms with van der Waals surface area (Å²) in [6, 6.07) is 10.1. The molecule has 0 heterocycles. The van der Waals surface area contributed by atoms with Gasteiger partial charge in [-0.2, -0.15) is 0 Å². The van der Waals surface area contributed by atoms with Gasteiger partial charge >= 0.3 is 6.03 Å². The average molecular weight is 282 g/mol. The van der Waals surface area contributed by atoms with E-state index in [-0.39, 0.29) is 18.7 Å². The number of benzene rings is 1. The summed E-state index contributed by atoms with van der Waals surface area (Å²) in [5.41, 5.74) is 0. The third-order valence-electron chi connectivity index (χ3n) is 2.57. The van der Waals surface area contributed by atoms with Crippen LogP contribution in [0.2, 0.25) is 0 Å². The maximum absolute atomic E-state index is 11.5. The zero-order valence-electron chi connectivity index (χ0n) is 11.3. The summed E-state index contributed by atoms with van der Waals surface area (Å²) < 4.78 is 0. The molecule has 0 saturated heterocycles. The summed E-state index contributed by atoms with van der Waals surface area (Å²) in [7, 11) is 0. The Labute approximate surface area is 119 Å². The number of thioether (sulfide) groups is 1. The standard InChI is InChI=1S/C14H22N2O2S/c1-12(6-5-10-17)16-14(18)15-9-11-19-13-7-3-2-4-8-13/h2-4,7-8,12,17H,5-6,9-11H2,1H3,(H2,15,16,18). The molecule has 0 aromatic heterocycles. The van der Waals surface area contributed by atoms with E-state index in [0.29, 0.717) is 13.0 Å². The van der Waals surface area contributed by atoms with Crippen LogP contribution in [0, 0.1) is 0 Å². The third kappa shape index (κ3) is 7.74. The van der Waals surface area contributed by atoms with Crippen LogP contribution in [0.3, 0.4) is 0 Å². The molecule has 0 spiro atoms. The molecule has 0 bridgehead atoms. The van der Waals surface area contributed by atoms with Gasteiger partial charge in [0.25, 0.3) is 0 Å². The predicted molar refractivity (Wildman–Crippen MR) is 79.5 cm³/mol. The number of carbonyl (C=O) groups is 1. The maximum atomic E-state index is 11.5. The molecule has 5 heteroatoms. The Hall–Kier alpha value is -1.20. The number of rotatable bonds is 8. The van der Waals surface area contributed by atoms with E-state index in [1.807, 2.05) is 25.1 Å². The van der Waals surface area contributed by atoms with Crippen LogP contribution in [0.4, 0.5) is 4.79 Å². The van der Waals surface area contributed by atoms with E-state index in [1.165, 1.54) is 4.90 Å². The maximum Gasteiger partial charge on any atom is 0.315 e. The summed E-state index contributed by atoms with van der Waals surface area (Å²) in [5, 5.41) is 14.4. The van der Waals surface area contributed by atoms with Gasteiger partial charge in [-0.15, -0.1) is 11.8 Å². The highest BCUT2D eigenvalue weighted by atomic mass is 32.2. The second kappa shape index (κ2) is 9.69. The molecular formula is C14H22N2O2S. The number of amides is 2. The van der Waals surface area contributed by atoms with Gasteiger partial charge in [0.1, 0.15) is 0 Å². The molecule has 1 atom stereocenters. The molecule has 1 aromatic rings. The van der Waals surface area contributed by atoms with Crippen molar-refractivity contribution in [2.24, 2.45) is 0 Å². The monoisotopic (exact) mass is 282 g/mol. The van der Waals surface area contributed by atoms with Gasteiger partial charge in [-0.05, 0) is 31.9 Å². The van der Waals surface area contributed by atoms with Crippen LogP contribution in [0.1, 0.15) is 19.8 Å². The van der Waals surface area contributed by atoms with Crippen molar-refractivity contribution in [1.29, 1.82) is 0 Å². The number of aliphatic hydroxyl groups is 1. The molecule has 3 N–H and O–H groups in total. The molecule has 0 saturated carbocycles. The van der Waals surface area contributed by atoms with E-state index < -0.39 is 0 Å². The van der Waals surface area contributed by atoms with E-state index in [9.17, 15) is 4.79 Å². The highest BCUT2D eigenvalue weighted by molar-refractivity contribution is 7.99. The molecule has 1 rings (SSSR count). The van der Waals surface area contributed by atoms with Gasteiger partial charge in [0.05, 0.1) is 0 Å². The van der Waals surface area contributed by atoms with Gasteiger partial charge in [-0.25, -0.2) is 4.79 Å². The van der Waals surface area contributed by atoms with Gasteiger partial charge in [0.2, 0.25) is 0 Å². The Balaban J connectivity index is 2.07. The van der Waals surface area contributed by atoms with Gasteiger partial charge in [0.15, 0.2) is 0 Å². The topological polar surface area (TPSA) is 61.4 Å². The summed E-state index contributed by atoms with van der Waals surface area (Å²) in [6.45, 7) is 2.74. The first kappa shape index (κ1) is 15.9. The number of carbonyl (C=O) groups excluding carboxylic acids is 1. The molecule has 4 nitrogen and oxygen atoms in total. The van der Waals surface area contributed by atoms with Gasteiger partial charge < -0.3 is 15.7 Å². The molecule has 0 aliphatic carbocycles. The first-order valence-electron chi connectivity index (χ1n) is 6.55. The minimum absolute atomic E-state index is 0.0916. The van der Waals surface area contributed by atoms with Crippen molar-refractivity contribution in [2.75, 3.05) is 18.9 Å². The second-order valence-electron chi connectivity index (χ2n) is 4.33. The van der Waals surface area contributed by atoms with E-state index in [2.05, 4.69) is 22.8 Å². The van der Waals surface area contributed by atoms with E-state index in [0.717, 1.165) is 12.2 Å². The Morgan fingerprint density at radius 3 is 2.79 bits per heavy atom. The Kier molecular flexibility index (Phi) is 8.09. The van der Waals surface area contributed by atoms with Crippen molar-refractivity contribution >= 4 is 17.8 Å². The van der Waals surface area contributed by atoms with Crippen LogP contribution >= 0.6 is 11.8 Å². The molecule has 0 aliphatic rings. The van der Waals surface area contributed by atoms with Crippen LogP contribution in [0.5, 0.6) is 0 Å². The minimum atomic E-state index is -0.140. The summed E-state index contributed by atoms with van der Waals surface area (Å²) in [5.74, 6) is 0.850. The van der Waals surface area contributed by atoms with Crippen molar-refractivity contribution in [2.45, 2.75) is 30.7 Å². The van der Waals surface area contributed by atoms with Gasteiger partial charge in [-0.1, -0.05) is 18.2 Å². The molecular weight excluding hydrogens is 260 g/mol. The van der Waals surface area contributed by atoms with Gasteiger partial charge in [0, 0.05) is 29.8 Å². The fraction of sp³-hybridized carbons (Fsp3) is 0.500. The largest absolute Gasteiger partial charge is 0.396 e. The molecule has 0 radical (unpaired) electrons. The summed E-state index contributed by atoms with van der Waals surface area (Å²) >= 11 is 1.72. The van der Waals surface area contributed by atoms with Crippen molar-refractivity contribution in [3.63, 3.8) is 0 Å². The van der Waals surface area contributed by atoms with Crippen LogP contribution in [0.15, 0.2) is 35.2 Å². The molecule has 1 unspecified atom stereocenters. The third-order valence-corrected chi connectivity index (χ3v) is 3.59. The van der Waals surface area contributed by atoms with Crippen LogP contribution < -0.4 is 10.6 Å². The number of hydrogen-bond acceptors (Lipinski definition) is 3. The van der Waals surface area contributed by atoms with E-state index >= 15 is 0 Å². The van der Waals surface area contributed by atoms with Crippen molar-refractivity contribution in [1.82, 2.24) is 10.6 Å². The lowest BCUT2D eigenvalue weighted by Gasteiger charge is -2.13. The van der Waals surface area contributed by atoms with Crippen LogP contribution in [0.25, 0.3) is 0 Å². The lowest BCUT2D eigenvalue weighted by Crippen LogP contribution is -2.41. The molecule has 1 aromatic carbocycles. The lowest BCUT2D eigenvalue weighted by atomic mass is 10.2. The summed E-state index contributed by atoms with van der Waals surface area (Å²) in [4.78, 5) is 12.7. The zero-order chi connectivity index (χ0) is 13.9. The number of nitrogens with one attached hydrogen (secondary N) is 2. The minimum Gasteiger partial charge on any atom is -0.396 e.